The standard InChI is InChI=1S/C16H20ClN3O3.ClH/c1-4-13-10(14(5-2)23-20-13)8-19-16(21)9-6-11(17)12(18)7-15(9)22-3;/h6-7H,4-5,8,18H2,1-3H3,(H,19,21);1H. The average molecular weight is 374 g/mol. The molecule has 0 radical (unpaired) electrons. The van der Waals surface area contributed by atoms with Gasteiger partial charge in [0.1, 0.15) is 11.5 Å². The maximum absolute atomic E-state index is 12.4. The Bertz CT molecular complexity index is 695. The number of hydrogen-bond donors (Lipinski definition) is 2. The van der Waals surface area contributed by atoms with E-state index in [0.717, 1.165) is 29.9 Å². The number of nitrogens with zero attached hydrogens (tertiary/aromatic N) is 1. The molecular formula is C16H21Cl2N3O3. The Kier molecular flexibility index (Phi) is 7.38. The van der Waals surface area contributed by atoms with Crippen LogP contribution >= 0.6 is 24.0 Å². The molecule has 0 aliphatic heterocycles. The molecule has 1 aromatic heterocycles. The van der Waals surface area contributed by atoms with Gasteiger partial charge in [-0.1, -0.05) is 30.6 Å². The molecule has 1 heterocycles. The highest BCUT2D eigenvalue weighted by molar-refractivity contribution is 6.33. The molecule has 6 nitrogen and oxygen atoms in total. The van der Waals surface area contributed by atoms with Crippen LogP contribution in [0.5, 0.6) is 5.75 Å². The van der Waals surface area contributed by atoms with Gasteiger partial charge >= 0.3 is 0 Å². The number of nitrogen functional groups attached to an aromatic ring is 1. The Morgan fingerprint density at radius 3 is 2.67 bits per heavy atom. The van der Waals surface area contributed by atoms with Crippen LogP contribution in [-0.4, -0.2) is 18.2 Å². The van der Waals surface area contributed by atoms with Crippen LogP contribution in [0, 0.1) is 0 Å². The second-order valence-electron chi connectivity index (χ2n) is 4.99. The zero-order valence-electron chi connectivity index (χ0n) is 13.8. The zero-order valence-corrected chi connectivity index (χ0v) is 15.4. The van der Waals surface area contributed by atoms with E-state index in [1.165, 1.54) is 19.2 Å². The van der Waals surface area contributed by atoms with Gasteiger partial charge in [0.15, 0.2) is 0 Å². The van der Waals surface area contributed by atoms with Crippen molar-refractivity contribution in [2.75, 3.05) is 12.8 Å². The molecule has 0 bridgehead atoms. The highest BCUT2D eigenvalue weighted by atomic mass is 35.5. The van der Waals surface area contributed by atoms with Crippen LogP contribution in [0.15, 0.2) is 16.7 Å². The number of carbonyl (C=O) groups excluding carboxylic acids is 1. The monoisotopic (exact) mass is 373 g/mol. The molecule has 2 rings (SSSR count). The summed E-state index contributed by atoms with van der Waals surface area (Å²) in [6.07, 6.45) is 1.46. The molecule has 132 valence electrons. The van der Waals surface area contributed by atoms with Crippen molar-refractivity contribution in [1.82, 2.24) is 10.5 Å². The first kappa shape index (κ1) is 20.1. The number of nitrogens with two attached hydrogens (primary N) is 1. The van der Waals surface area contributed by atoms with Gasteiger partial charge in [0.05, 0.1) is 29.1 Å². The van der Waals surface area contributed by atoms with Gasteiger partial charge in [-0.3, -0.25) is 4.79 Å². The van der Waals surface area contributed by atoms with Gasteiger partial charge < -0.3 is 20.3 Å². The maximum atomic E-state index is 12.4. The third-order valence-corrected chi connectivity index (χ3v) is 3.92. The third kappa shape index (κ3) is 4.13. The summed E-state index contributed by atoms with van der Waals surface area (Å²) in [5.41, 5.74) is 8.19. The van der Waals surface area contributed by atoms with Crippen molar-refractivity contribution >= 4 is 35.6 Å². The summed E-state index contributed by atoms with van der Waals surface area (Å²) in [5.74, 6) is 0.861. The zero-order chi connectivity index (χ0) is 17.0. The number of nitrogens with one attached hydrogen (secondary N) is 1. The number of anilines is 1. The molecule has 2 aromatic rings. The summed E-state index contributed by atoms with van der Waals surface area (Å²) >= 11 is 6.00. The molecule has 24 heavy (non-hydrogen) atoms. The number of aromatic nitrogens is 1. The van der Waals surface area contributed by atoms with Crippen LogP contribution in [-0.2, 0) is 19.4 Å². The van der Waals surface area contributed by atoms with Gasteiger partial charge in [-0.25, -0.2) is 0 Å². The summed E-state index contributed by atoms with van der Waals surface area (Å²) in [6, 6.07) is 3.03. The van der Waals surface area contributed by atoms with Crippen LogP contribution in [0.1, 0.15) is 41.2 Å². The third-order valence-electron chi connectivity index (χ3n) is 3.60. The van der Waals surface area contributed by atoms with Crippen molar-refractivity contribution in [2.24, 2.45) is 0 Å². The van der Waals surface area contributed by atoms with Crippen LogP contribution < -0.4 is 15.8 Å². The minimum atomic E-state index is -0.297. The van der Waals surface area contributed by atoms with Crippen molar-refractivity contribution in [2.45, 2.75) is 33.2 Å². The van der Waals surface area contributed by atoms with E-state index in [1.807, 2.05) is 13.8 Å². The van der Waals surface area contributed by atoms with Gasteiger partial charge in [0.25, 0.3) is 5.91 Å². The maximum Gasteiger partial charge on any atom is 0.255 e. The van der Waals surface area contributed by atoms with E-state index in [2.05, 4.69) is 10.5 Å². The second-order valence-corrected chi connectivity index (χ2v) is 5.40. The lowest BCUT2D eigenvalue weighted by Crippen LogP contribution is -2.24. The number of ether oxygens (including phenoxy) is 1. The van der Waals surface area contributed by atoms with Crippen molar-refractivity contribution in [3.05, 3.63) is 39.7 Å². The normalized spacial score (nSPS) is 10.2. The molecule has 1 amide bonds. The second kappa shape index (κ2) is 8.80. The summed E-state index contributed by atoms with van der Waals surface area (Å²) < 4.78 is 10.5. The first-order valence-electron chi connectivity index (χ1n) is 7.39. The van der Waals surface area contributed by atoms with E-state index in [9.17, 15) is 4.79 Å². The van der Waals surface area contributed by atoms with E-state index in [0.29, 0.717) is 28.6 Å². The number of halogens is 2. The number of rotatable bonds is 6. The summed E-state index contributed by atoms with van der Waals surface area (Å²) in [6.45, 7) is 4.30. The molecule has 0 unspecified atom stereocenters. The van der Waals surface area contributed by atoms with Gasteiger partial charge in [-0.15, -0.1) is 12.4 Å². The lowest BCUT2D eigenvalue weighted by atomic mass is 10.1. The molecule has 8 heteroatoms. The largest absolute Gasteiger partial charge is 0.496 e. The molecule has 3 N–H and O–H groups in total. The molecule has 0 saturated heterocycles. The van der Waals surface area contributed by atoms with Crippen LogP contribution in [0.4, 0.5) is 5.69 Å². The lowest BCUT2D eigenvalue weighted by Gasteiger charge is -2.11. The van der Waals surface area contributed by atoms with E-state index in [4.69, 9.17) is 26.6 Å². The van der Waals surface area contributed by atoms with Crippen LogP contribution in [0.3, 0.4) is 0 Å². The highest BCUT2D eigenvalue weighted by Crippen LogP contribution is 2.29. The molecule has 0 fully saturated rings. The minimum absolute atomic E-state index is 0. The first-order valence-corrected chi connectivity index (χ1v) is 7.77. The number of aryl methyl sites for hydroxylation is 2. The molecule has 0 spiro atoms. The fourth-order valence-corrected chi connectivity index (χ4v) is 2.48. The smallest absolute Gasteiger partial charge is 0.255 e. The average Bonchev–Trinajstić information content (AvgIpc) is 2.96. The Morgan fingerprint density at radius 1 is 1.38 bits per heavy atom. The summed E-state index contributed by atoms with van der Waals surface area (Å²) in [7, 11) is 1.48. The minimum Gasteiger partial charge on any atom is -0.496 e. The molecule has 0 saturated carbocycles. The van der Waals surface area contributed by atoms with Crippen molar-refractivity contribution < 1.29 is 14.1 Å². The molecule has 0 aliphatic rings. The van der Waals surface area contributed by atoms with Crippen molar-refractivity contribution in [3.8, 4) is 5.75 Å². The molecule has 1 aromatic carbocycles. The van der Waals surface area contributed by atoms with E-state index < -0.39 is 0 Å². The van der Waals surface area contributed by atoms with Gasteiger partial charge in [-0.05, 0) is 12.5 Å². The van der Waals surface area contributed by atoms with Gasteiger partial charge in [0.2, 0.25) is 0 Å². The topological polar surface area (TPSA) is 90.4 Å². The fraction of sp³-hybridized carbons (Fsp3) is 0.375. The summed E-state index contributed by atoms with van der Waals surface area (Å²) in [5, 5.41) is 7.19. The number of carbonyl (C=O) groups is 1. The fourth-order valence-electron chi connectivity index (χ4n) is 2.32. The Morgan fingerprint density at radius 2 is 2.08 bits per heavy atom. The van der Waals surface area contributed by atoms with Gasteiger partial charge in [0, 0.05) is 24.6 Å². The molecule has 0 aliphatic carbocycles. The number of hydrogen-bond acceptors (Lipinski definition) is 5. The number of benzene rings is 1. The van der Waals surface area contributed by atoms with E-state index >= 15 is 0 Å². The quantitative estimate of drug-likeness (QED) is 0.757. The Hall–Kier alpha value is -1.92. The Balaban J connectivity index is 0.00000288. The summed E-state index contributed by atoms with van der Waals surface area (Å²) in [4.78, 5) is 12.4. The van der Waals surface area contributed by atoms with Crippen LogP contribution in [0.25, 0.3) is 0 Å². The number of amides is 1. The van der Waals surface area contributed by atoms with Crippen LogP contribution in [0.2, 0.25) is 5.02 Å². The van der Waals surface area contributed by atoms with E-state index in [1.54, 1.807) is 0 Å². The van der Waals surface area contributed by atoms with Crippen molar-refractivity contribution in [3.63, 3.8) is 0 Å². The van der Waals surface area contributed by atoms with Crippen molar-refractivity contribution in [1.29, 1.82) is 0 Å². The highest BCUT2D eigenvalue weighted by Gasteiger charge is 2.18. The molecule has 0 atom stereocenters. The molecular weight excluding hydrogens is 353 g/mol. The first-order chi connectivity index (χ1) is 11.0. The predicted molar refractivity (Wildman–Crippen MR) is 96.1 cm³/mol. The Labute approximate surface area is 152 Å². The lowest BCUT2D eigenvalue weighted by molar-refractivity contribution is 0.0947. The SMILES string of the molecule is CCc1noc(CC)c1CNC(=O)c1cc(Cl)c(N)cc1OC.Cl. The number of methoxy groups -OCH3 is 1. The predicted octanol–water partition coefficient (Wildman–Crippen LogP) is 3.40. The van der Waals surface area contributed by atoms with Gasteiger partial charge in [-0.2, -0.15) is 0 Å². The van der Waals surface area contributed by atoms with E-state index in [-0.39, 0.29) is 18.3 Å².